The van der Waals surface area contributed by atoms with Crippen molar-refractivity contribution in [3.05, 3.63) is 53.5 Å². The molecule has 0 amide bonds. The molecule has 0 radical (unpaired) electrons. The summed E-state index contributed by atoms with van der Waals surface area (Å²) in [6.45, 7) is 3.13. The van der Waals surface area contributed by atoms with Gasteiger partial charge < -0.3 is 14.6 Å². The van der Waals surface area contributed by atoms with E-state index in [9.17, 15) is 14.8 Å². The van der Waals surface area contributed by atoms with E-state index in [1.54, 1.807) is 12.4 Å². The van der Waals surface area contributed by atoms with Crippen molar-refractivity contribution in [2.24, 2.45) is 13.0 Å². The summed E-state index contributed by atoms with van der Waals surface area (Å²) in [5.74, 6) is 0.262. The minimum atomic E-state index is -0.695. The molecule has 2 aromatic heterocycles. The third-order valence-corrected chi connectivity index (χ3v) is 5.56. The molecule has 3 aromatic rings. The number of aliphatic hydroxyl groups is 1. The number of rotatable bonds is 3. The van der Waals surface area contributed by atoms with E-state index >= 15 is 0 Å². The van der Waals surface area contributed by atoms with Gasteiger partial charge >= 0.3 is 0 Å². The van der Waals surface area contributed by atoms with E-state index < -0.39 is 6.10 Å². The fourth-order valence-corrected chi connectivity index (χ4v) is 4.19. The highest BCUT2D eigenvalue weighted by atomic mass is 19.1. The van der Waals surface area contributed by atoms with Gasteiger partial charge in [0.2, 0.25) is 0 Å². The Labute approximate surface area is 162 Å². The zero-order chi connectivity index (χ0) is 19.8. The number of aliphatic hydroxyl groups excluding tert-OH is 1. The molecular formula is C21H22FN5O. The van der Waals surface area contributed by atoms with Gasteiger partial charge in [0.15, 0.2) is 0 Å². The Morgan fingerprint density at radius 2 is 2.18 bits per heavy atom. The molecule has 7 heteroatoms. The number of imidazole rings is 1. The number of hydrogen-bond acceptors (Lipinski definition) is 5. The van der Waals surface area contributed by atoms with Crippen LogP contribution in [-0.4, -0.2) is 32.7 Å². The van der Waals surface area contributed by atoms with Gasteiger partial charge in [0.05, 0.1) is 16.8 Å². The quantitative estimate of drug-likeness (QED) is 0.756. The summed E-state index contributed by atoms with van der Waals surface area (Å²) >= 11 is 0. The molecule has 1 aliphatic heterocycles. The van der Waals surface area contributed by atoms with Crippen molar-refractivity contribution in [2.75, 3.05) is 18.0 Å². The van der Waals surface area contributed by atoms with Gasteiger partial charge in [-0.25, -0.2) is 9.37 Å². The second-order valence-corrected chi connectivity index (χ2v) is 7.44. The number of piperidine rings is 1. The van der Waals surface area contributed by atoms with E-state index in [2.05, 4.69) is 20.9 Å². The summed E-state index contributed by atoms with van der Waals surface area (Å²) in [7, 11) is 1.86. The van der Waals surface area contributed by atoms with Crippen LogP contribution in [-0.2, 0) is 7.05 Å². The molecule has 1 N–H and O–H groups in total. The number of aromatic nitrogens is 3. The standard InChI is InChI=1S/C21H22FN5O/c1-13-8-16(22)9-17-18(13)25-11-15(10-23)19(17)27-6-3-4-14(12-27)20(28)21-24-5-7-26(21)2/h5,7-9,11,14,20,28H,3-4,6,12H2,1-2H3. The Bertz CT molecular complexity index is 1070. The molecule has 0 bridgehead atoms. The van der Waals surface area contributed by atoms with Gasteiger partial charge in [-0.1, -0.05) is 0 Å². The normalized spacial score (nSPS) is 18.2. The number of benzene rings is 1. The first kappa shape index (κ1) is 18.4. The van der Waals surface area contributed by atoms with Gasteiger partial charge in [-0.15, -0.1) is 0 Å². The zero-order valence-corrected chi connectivity index (χ0v) is 15.9. The van der Waals surface area contributed by atoms with Crippen LogP contribution in [0.4, 0.5) is 10.1 Å². The van der Waals surface area contributed by atoms with Gasteiger partial charge in [0, 0.05) is 50.0 Å². The fourth-order valence-electron chi connectivity index (χ4n) is 4.19. The lowest BCUT2D eigenvalue weighted by atomic mass is 9.91. The summed E-state index contributed by atoms with van der Waals surface area (Å²) in [4.78, 5) is 10.7. The lowest BCUT2D eigenvalue weighted by Gasteiger charge is -2.37. The zero-order valence-electron chi connectivity index (χ0n) is 15.9. The van der Waals surface area contributed by atoms with E-state index in [0.717, 1.165) is 24.9 Å². The number of nitrogens with zero attached hydrogens (tertiary/aromatic N) is 5. The molecule has 1 saturated heterocycles. The van der Waals surface area contributed by atoms with Crippen LogP contribution >= 0.6 is 0 Å². The summed E-state index contributed by atoms with van der Waals surface area (Å²) in [5.41, 5.74) is 2.56. The van der Waals surface area contributed by atoms with E-state index in [-0.39, 0.29) is 11.7 Å². The predicted molar refractivity (Wildman–Crippen MR) is 104 cm³/mol. The molecule has 6 nitrogen and oxygen atoms in total. The van der Waals surface area contributed by atoms with Crippen LogP contribution in [0.1, 0.15) is 35.9 Å². The number of nitriles is 1. The molecule has 1 aromatic carbocycles. The molecule has 1 fully saturated rings. The van der Waals surface area contributed by atoms with Crippen molar-refractivity contribution in [1.82, 2.24) is 14.5 Å². The summed E-state index contributed by atoms with van der Waals surface area (Å²) < 4.78 is 16.0. The van der Waals surface area contributed by atoms with Gasteiger partial charge in [-0.05, 0) is 37.5 Å². The maximum absolute atomic E-state index is 14.1. The molecule has 2 atom stereocenters. The second-order valence-electron chi connectivity index (χ2n) is 7.44. The van der Waals surface area contributed by atoms with Crippen LogP contribution in [0.3, 0.4) is 0 Å². The van der Waals surface area contributed by atoms with Crippen molar-refractivity contribution in [1.29, 1.82) is 5.26 Å². The first-order valence-electron chi connectivity index (χ1n) is 9.38. The molecule has 3 heterocycles. The minimum absolute atomic E-state index is 0.0285. The van der Waals surface area contributed by atoms with Crippen molar-refractivity contribution in [3.63, 3.8) is 0 Å². The van der Waals surface area contributed by atoms with Gasteiger partial charge in [0.25, 0.3) is 0 Å². The third kappa shape index (κ3) is 3.10. The highest BCUT2D eigenvalue weighted by Gasteiger charge is 2.31. The van der Waals surface area contributed by atoms with Crippen LogP contribution in [0.2, 0.25) is 0 Å². The molecular weight excluding hydrogens is 357 g/mol. The molecule has 4 rings (SSSR count). The SMILES string of the molecule is Cc1cc(F)cc2c(N3CCCC(C(O)c4nccn4C)C3)c(C#N)cnc12. The average molecular weight is 379 g/mol. The number of halogens is 1. The number of hydrogen-bond donors (Lipinski definition) is 1. The molecule has 0 saturated carbocycles. The Morgan fingerprint density at radius 3 is 2.89 bits per heavy atom. The predicted octanol–water partition coefficient (Wildman–Crippen LogP) is 3.24. The second kappa shape index (κ2) is 7.21. The fraction of sp³-hybridized carbons (Fsp3) is 0.381. The largest absolute Gasteiger partial charge is 0.385 e. The van der Waals surface area contributed by atoms with Gasteiger partial charge in [-0.2, -0.15) is 5.26 Å². The van der Waals surface area contributed by atoms with Crippen LogP contribution in [0.25, 0.3) is 10.9 Å². The van der Waals surface area contributed by atoms with Crippen molar-refractivity contribution in [3.8, 4) is 6.07 Å². The van der Waals surface area contributed by atoms with Gasteiger partial charge in [0.1, 0.15) is 23.8 Å². The maximum Gasteiger partial charge on any atom is 0.137 e. The number of aryl methyl sites for hydroxylation is 2. The first-order chi connectivity index (χ1) is 13.5. The maximum atomic E-state index is 14.1. The van der Waals surface area contributed by atoms with Crippen molar-refractivity contribution in [2.45, 2.75) is 25.9 Å². The summed E-state index contributed by atoms with van der Waals surface area (Å²) in [5, 5.41) is 21.1. The van der Waals surface area contributed by atoms with E-state index in [1.807, 2.05) is 24.7 Å². The lowest BCUT2D eigenvalue weighted by Crippen LogP contribution is -2.39. The highest BCUT2D eigenvalue weighted by molar-refractivity contribution is 5.96. The van der Waals surface area contributed by atoms with Gasteiger partial charge in [-0.3, -0.25) is 4.98 Å². The first-order valence-corrected chi connectivity index (χ1v) is 9.38. The summed E-state index contributed by atoms with van der Waals surface area (Å²) in [6, 6.07) is 5.10. The van der Waals surface area contributed by atoms with Crippen molar-refractivity contribution < 1.29 is 9.50 Å². The number of pyridine rings is 1. The minimum Gasteiger partial charge on any atom is -0.385 e. The van der Waals surface area contributed by atoms with Crippen LogP contribution < -0.4 is 4.90 Å². The van der Waals surface area contributed by atoms with E-state index in [4.69, 9.17) is 0 Å². The lowest BCUT2D eigenvalue weighted by molar-refractivity contribution is 0.0875. The third-order valence-electron chi connectivity index (χ3n) is 5.56. The van der Waals surface area contributed by atoms with E-state index in [0.29, 0.717) is 34.5 Å². The Kier molecular flexibility index (Phi) is 4.73. The topological polar surface area (TPSA) is 78.0 Å². The van der Waals surface area contributed by atoms with Crippen LogP contribution in [0, 0.1) is 30.0 Å². The number of anilines is 1. The smallest absolute Gasteiger partial charge is 0.137 e. The molecule has 0 aliphatic carbocycles. The molecule has 1 aliphatic rings. The Morgan fingerprint density at radius 1 is 1.36 bits per heavy atom. The Balaban J connectivity index is 1.75. The molecule has 28 heavy (non-hydrogen) atoms. The molecule has 144 valence electrons. The highest BCUT2D eigenvalue weighted by Crippen LogP contribution is 2.36. The molecule has 2 unspecified atom stereocenters. The van der Waals surface area contributed by atoms with E-state index in [1.165, 1.54) is 12.1 Å². The average Bonchev–Trinajstić information content (AvgIpc) is 3.12. The van der Waals surface area contributed by atoms with Crippen LogP contribution in [0.5, 0.6) is 0 Å². The number of fused-ring (bicyclic) bond motifs is 1. The molecule has 0 spiro atoms. The monoisotopic (exact) mass is 379 g/mol. The Hall–Kier alpha value is -2.98. The van der Waals surface area contributed by atoms with Crippen LogP contribution in [0.15, 0.2) is 30.7 Å². The van der Waals surface area contributed by atoms with Crippen molar-refractivity contribution >= 4 is 16.6 Å². The summed E-state index contributed by atoms with van der Waals surface area (Å²) in [6.07, 6.45) is 6.09.